The van der Waals surface area contributed by atoms with E-state index in [1.165, 1.54) is 0 Å². The summed E-state index contributed by atoms with van der Waals surface area (Å²) >= 11 is 0. The molecule has 2 rings (SSSR count). The first-order valence-corrected chi connectivity index (χ1v) is 7.04. The third kappa shape index (κ3) is 4.82. The summed E-state index contributed by atoms with van der Waals surface area (Å²) in [6.45, 7) is -0.803. The number of aromatic nitrogens is 1. The van der Waals surface area contributed by atoms with Crippen LogP contribution in [0.5, 0.6) is 0 Å². The van der Waals surface area contributed by atoms with Crippen LogP contribution in [-0.2, 0) is 20.8 Å². The summed E-state index contributed by atoms with van der Waals surface area (Å²) in [4.78, 5) is 36.6. The van der Waals surface area contributed by atoms with Crippen LogP contribution in [0.1, 0.15) is 5.69 Å². The minimum Gasteiger partial charge on any atom is -0.480 e. The first-order valence-electron chi connectivity index (χ1n) is 7.04. The zero-order chi connectivity index (χ0) is 16.8. The second-order valence-corrected chi connectivity index (χ2v) is 5.08. The number of carboxylic acid groups (broad SMARTS) is 1. The van der Waals surface area contributed by atoms with Crippen molar-refractivity contribution in [3.8, 4) is 0 Å². The van der Waals surface area contributed by atoms with Gasteiger partial charge in [-0.25, -0.2) is 0 Å². The fourth-order valence-corrected chi connectivity index (χ4v) is 2.11. The molecule has 6 N–H and O–H groups in total. The highest BCUT2D eigenvalue weighted by atomic mass is 16.4. The Morgan fingerprint density at radius 3 is 2.61 bits per heavy atom. The number of aliphatic carboxylic acids is 1. The van der Waals surface area contributed by atoms with Gasteiger partial charge in [-0.3, -0.25) is 14.4 Å². The van der Waals surface area contributed by atoms with Gasteiger partial charge in [0.25, 0.3) is 0 Å². The molecule has 23 heavy (non-hydrogen) atoms. The van der Waals surface area contributed by atoms with Crippen LogP contribution in [-0.4, -0.2) is 47.0 Å². The highest BCUT2D eigenvalue weighted by Crippen LogP contribution is 2.15. The van der Waals surface area contributed by atoms with E-state index >= 15 is 0 Å². The molecule has 8 nitrogen and oxygen atoms in total. The SMILES string of the molecule is NC(Cc1cc2ccccc2[nH]1)C(=O)NCC(=O)NCC(=O)O. The molecule has 0 aliphatic carbocycles. The van der Waals surface area contributed by atoms with Crippen molar-refractivity contribution < 1.29 is 19.5 Å². The summed E-state index contributed by atoms with van der Waals surface area (Å²) < 4.78 is 0. The van der Waals surface area contributed by atoms with Crippen LogP contribution in [0, 0.1) is 0 Å². The molecule has 2 amide bonds. The normalized spacial score (nSPS) is 11.9. The third-order valence-corrected chi connectivity index (χ3v) is 3.22. The Bertz CT molecular complexity index is 692. The molecule has 0 saturated carbocycles. The molecule has 0 bridgehead atoms. The molecule has 1 atom stereocenters. The smallest absolute Gasteiger partial charge is 0.322 e. The van der Waals surface area contributed by atoms with E-state index in [0.717, 1.165) is 16.6 Å². The third-order valence-electron chi connectivity index (χ3n) is 3.22. The summed E-state index contributed by atoms with van der Waals surface area (Å²) in [7, 11) is 0. The number of H-pyrrole nitrogens is 1. The van der Waals surface area contributed by atoms with Crippen molar-refractivity contribution in [3.05, 3.63) is 36.0 Å². The van der Waals surface area contributed by atoms with Crippen molar-refractivity contribution in [1.29, 1.82) is 0 Å². The molecule has 1 aromatic heterocycles. The Labute approximate surface area is 132 Å². The Morgan fingerprint density at radius 2 is 1.91 bits per heavy atom. The molecule has 0 aliphatic rings. The van der Waals surface area contributed by atoms with Gasteiger partial charge >= 0.3 is 5.97 Å². The second kappa shape index (κ2) is 7.41. The van der Waals surface area contributed by atoms with E-state index in [-0.39, 0.29) is 6.54 Å². The number of carboxylic acids is 1. The lowest BCUT2D eigenvalue weighted by molar-refractivity contribution is -0.137. The molecule has 0 fully saturated rings. The van der Waals surface area contributed by atoms with Gasteiger partial charge in [0.05, 0.1) is 12.6 Å². The Kier molecular flexibility index (Phi) is 5.32. The zero-order valence-electron chi connectivity index (χ0n) is 12.3. The maximum Gasteiger partial charge on any atom is 0.322 e. The average molecular weight is 318 g/mol. The fraction of sp³-hybridized carbons (Fsp3) is 0.267. The van der Waals surface area contributed by atoms with Crippen molar-refractivity contribution in [2.45, 2.75) is 12.5 Å². The van der Waals surface area contributed by atoms with E-state index in [2.05, 4.69) is 15.6 Å². The van der Waals surface area contributed by atoms with Gasteiger partial charge in [0, 0.05) is 17.6 Å². The Balaban J connectivity index is 1.82. The number of aromatic amines is 1. The maximum atomic E-state index is 11.9. The lowest BCUT2D eigenvalue weighted by Crippen LogP contribution is -2.46. The first-order chi connectivity index (χ1) is 11.0. The van der Waals surface area contributed by atoms with Crippen molar-refractivity contribution in [3.63, 3.8) is 0 Å². The Hall–Kier alpha value is -2.87. The van der Waals surface area contributed by atoms with Crippen molar-refractivity contribution in [2.24, 2.45) is 5.73 Å². The van der Waals surface area contributed by atoms with E-state index < -0.39 is 30.4 Å². The van der Waals surface area contributed by atoms with Crippen LogP contribution >= 0.6 is 0 Å². The van der Waals surface area contributed by atoms with Gasteiger partial charge in [0.2, 0.25) is 11.8 Å². The number of para-hydroxylation sites is 1. The molecule has 1 heterocycles. The number of fused-ring (bicyclic) bond motifs is 1. The standard InChI is InChI=1S/C15H18N4O4/c16-11(15(23)18-7-13(20)17-8-14(21)22)6-10-5-9-3-1-2-4-12(9)19-10/h1-5,11,19H,6-8,16H2,(H,17,20)(H,18,23)(H,21,22). The lowest BCUT2D eigenvalue weighted by atomic mass is 10.1. The van der Waals surface area contributed by atoms with E-state index in [4.69, 9.17) is 10.8 Å². The van der Waals surface area contributed by atoms with Crippen LogP contribution < -0.4 is 16.4 Å². The molecular weight excluding hydrogens is 300 g/mol. The lowest BCUT2D eigenvalue weighted by Gasteiger charge is -2.11. The van der Waals surface area contributed by atoms with E-state index in [1.54, 1.807) is 0 Å². The molecule has 1 unspecified atom stereocenters. The number of rotatable bonds is 7. The first kappa shape index (κ1) is 16.5. The summed E-state index contributed by atoms with van der Waals surface area (Å²) in [5.74, 6) is -2.21. The summed E-state index contributed by atoms with van der Waals surface area (Å²) in [6, 6.07) is 8.82. The largest absolute Gasteiger partial charge is 0.480 e. The van der Waals surface area contributed by atoms with Gasteiger partial charge in [-0.05, 0) is 17.5 Å². The number of carbonyl (C=O) groups excluding carboxylic acids is 2. The quantitative estimate of drug-likeness (QED) is 0.462. The number of amides is 2. The topological polar surface area (TPSA) is 137 Å². The minimum atomic E-state index is -1.15. The number of hydrogen-bond donors (Lipinski definition) is 5. The van der Waals surface area contributed by atoms with Gasteiger partial charge in [0.1, 0.15) is 6.54 Å². The molecule has 0 saturated heterocycles. The summed E-state index contributed by atoms with van der Waals surface area (Å²) in [5.41, 5.74) is 7.61. The van der Waals surface area contributed by atoms with Gasteiger partial charge in [-0.2, -0.15) is 0 Å². The monoisotopic (exact) mass is 318 g/mol. The zero-order valence-corrected chi connectivity index (χ0v) is 12.3. The van der Waals surface area contributed by atoms with E-state index in [1.807, 2.05) is 30.3 Å². The number of nitrogens with one attached hydrogen (secondary N) is 3. The highest BCUT2D eigenvalue weighted by Gasteiger charge is 2.16. The van der Waals surface area contributed by atoms with Crippen molar-refractivity contribution >= 4 is 28.7 Å². The maximum absolute atomic E-state index is 11.9. The van der Waals surface area contributed by atoms with Gasteiger partial charge < -0.3 is 26.5 Å². The van der Waals surface area contributed by atoms with E-state index in [0.29, 0.717) is 6.42 Å². The number of benzene rings is 1. The van der Waals surface area contributed by atoms with Crippen LogP contribution in [0.15, 0.2) is 30.3 Å². The molecule has 122 valence electrons. The van der Waals surface area contributed by atoms with Crippen LogP contribution in [0.25, 0.3) is 10.9 Å². The minimum absolute atomic E-state index is 0.303. The van der Waals surface area contributed by atoms with Gasteiger partial charge in [0.15, 0.2) is 0 Å². The molecule has 0 radical (unpaired) electrons. The summed E-state index contributed by atoms with van der Waals surface area (Å²) in [5, 5.41) is 14.0. The van der Waals surface area contributed by atoms with Gasteiger partial charge in [-0.1, -0.05) is 18.2 Å². The second-order valence-electron chi connectivity index (χ2n) is 5.08. The predicted octanol–water partition coefficient (Wildman–Crippen LogP) is -0.645. The predicted molar refractivity (Wildman–Crippen MR) is 83.6 cm³/mol. The molecule has 1 aromatic carbocycles. The van der Waals surface area contributed by atoms with E-state index in [9.17, 15) is 14.4 Å². The highest BCUT2D eigenvalue weighted by molar-refractivity contribution is 5.89. The van der Waals surface area contributed by atoms with Crippen LogP contribution in [0.3, 0.4) is 0 Å². The van der Waals surface area contributed by atoms with Crippen LogP contribution in [0.4, 0.5) is 0 Å². The van der Waals surface area contributed by atoms with Crippen molar-refractivity contribution in [1.82, 2.24) is 15.6 Å². The summed E-state index contributed by atoms with van der Waals surface area (Å²) in [6.07, 6.45) is 0.303. The van der Waals surface area contributed by atoms with Crippen molar-refractivity contribution in [2.75, 3.05) is 13.1 Å². The number of hydrogen-bond acceptors (Lipinski definition) is 4. The molecule has 0 spiro atoms. The Morgan fingerprint density at radius 1 is 1.17 bits per heavy atom. The average Bonchev–Trinajstić information content (AvgIpc) is 2.92. The van der Waals surface area contributed by atoms with Crippen LogP contribution in [0.2, 0.25) is 0 Å². The molecular formula is C15H18N4O4. The molecule has 2 aromatic rings. The van der Waals surface area contributed by atoms with Gasteiger partial charge in [-0.15, -0.1) is 0 Å². The molecule has 8 heteroatoms. The number of nitrogens with two attached hydrogens (primary N) is 1. The molecule has 0 aliphatic heterocycles. The number of carbonyl (C=O) groups is 3. The fourth-order valence-electron chi connectivity index (χ4n) is 2.11.